The number of aromatic nitrogens is 1. The first-order valence-corrected chi connectivity index (χ1v) is 7.72. The fraction of sp³-hybridized carbons (Fsp3) is 0.438. The monoisotopic (exact) mass is 306 g/mol. The van der Waals surface area contributed by atoms with Gasteiger partial charge in [0.1, 0.15) is 5.75 Å². The van der Waals surface area contributed by atoms with E-state index in [1.807, 2.05) is 12.1 Å². The van der Waals surface area contributed by atoms with Crippen LogP contribution >= 0.6 is 11.6 Å². The van der Waals surface area contributed by atoms with Gasteiger partial charge in [0.25, 0.3) is 0 Å². The summed E-state index contributed by atoms with van der Waals surface area (Å²) in [6.45, 7) is 3.72. The van der Waals surface area contributed by atoms with Gasteiger partial charge in [0.2, 0.25) is 0 Å². The van der Waals surface area contributed by atoms with E-state index in [-0.39, 0.29) is 11.8 Å². The number of phenolic OH excluding ortho intramolecular Hbond substituents is 1. The van der Waals surface area contributed by atoms with E-state index in [0.29, 0.717) is 11.6 Å². The van der Waals surface area contributed by atoms with Crippen LogP contribution in [0, 0.1) is 0 Å². The molecule has 1 aliphatic heterocycles. The molecule has 1 aromatic carbocycles. The highest BCUT2D eigenvalue weighted by atomic mass is 35.5. The molecule has 1 saturated heterocycles. The zero-order valence-corrected chi connectivity index (χ0v) is 12.8. The van der Waals surface area contributed by atoms with E-state index in [1.165, 1.54) is 0 Å². The van der Waals surface area contributed by atoms with Crippen LogP contribution in [0.4, 0.5) is 0 Å². The Labute approximate surface area is 129 Å². The topological polar surface area (TPSA) is 49.5 Å². The number of benzene rings is 1. The fourth-order valence-electron chi connectivity index (χ4n) is 2.89. The standard InChI is InChI=1S/C16H19ClN2O2/c1-2-13-9-16(21-18-13)14-4-3-7-19(14)10-11-8-12(17)5-6-15(11)20/h5-6,8-9,14,20H,2-4,7,10H2,1H3/t14-/m0/s1. The van der Waals surface area contributed by atoms with E-state index in [0.717, 1.165) is 42.8 Å². The zero-order valence-electron chi connectivity index (χ0n) is 12.1. The molecule has 1 fully saturated rings. The zero-order chi connectivity index (χ0) is 14.8. The van der Waals surface area contributed by atoms with Crippen LogP contribution in [0.15, 0.2) is 28.8 Å². The smallest absolute Gasteiger partial charge is 0.154 e. The maximum absolute atomic E-state index is 9.97. The lowest BCUT2D eigenvalue weighted by molar-refractivity contribution is 0.204. The van der Waals surface area contributed by atoms with Crippen LogP contribution in [0.3, 0.4) is 0 Å². The molecule has 0 radical (unpaired) electrons. The van der Waals surface area contributed by atoms with Crippen molar-refractivity contribution < 1.29 is 9.63 Å². The Morgan fingerprint density at radius 1 is 1.43 bits per heavy atom. The van der Waals surface area contributed by atoms with Crippen molar-refractivity contribution in [3.63, 3.8) is 0 Å². The van der Waals surface area contributed by atoms with Crippen LogP contribution in [0.5, 0.6) is 5.75 Å². The van der Waals surface area contributed by atoms with Gasteiger partial charge in [-0.2, -0.15) is 0 Å². The van der Waals surface area contributed by atoms with Crippen LogP contribution in [-0.4, -0.2) is 21.7 Å². The van der Waals surface area contributed by atoms with Crippen molar-refractivity contribution in [2.24, 2.45) is 0 Å². The lowest BCUT2D eigenvalue weighted by Gasteiger charge is -2.22. The second-order valence-corrected chi connectivity index (χ2v) is 5.91. The Kier molecular flexibility index (Phi) is 4.17. The third-order valence-corrected chi connectivity index (χ3v) is 4.28. The first-order valence-electron chi connectivity index (χ1n) is 7.34. The van der Waals surface area contributed by atoms with Crippen molar-refractivity contribution in [2.75, 3.05) is 6.54 Å². The first-order chi connectivity index (χ1) is 10.2. The molecule has 3 rings (SSSR count). The Hall–Kier alpha value is -1.52. The maximum Gasteiger partial charge on any atom is 0.154 e. The molecule has 0 spiro atoms. The molecule has 0 amide bonds. The summed E-state index contributed by atoms with van der Waals surface area (Å²) in [7, 11) is 0. The molecular formula is C16H19ClN2O2. The quantitative estimate of drug-likeness (QED) is 0.929. The van der Waals surface area contributed by atoms with Crippen LogP contribution in [-0.2, 0) is 13.0 Å². The summed E-state index contributed by atoms with van der Waals surface area (Å²) in [4.78, 5) is 2.31. The molecule has 2 aromatic rings. The Balaban J connectivity index is 1.79. The summed E-state index contributed by atoms with van der Waals surface area (Å²) in [6.07, 6.45) is 3.05. The highest BCUT2D eigenvalue weighted by molar-refractivity contribution is 6.30. The van der Waals surface area contributed by atoms with Gasteiger partial charge in [0.05, 0.1) is 11.7 Å². The molecule has 21 heavy (non-hydrogen) atoms. The van der Waals surface area contributed by atoms with E-state index < -0.39 is 0 Å². The molecule has 0 saturated carbocycles. The van der Waals surface area contributed by atoms with Crippen molar-refractivity contribution >= 4 is 11.6 Å². The average Bonchev–Trinajstić information content (AvgIpc) is 3.11. The molecule has 5 heteroatoms. The van der Waals surface area contributed by atoms with Gasteiger partial charge in [-0.25, -0.2) is 0 Å². The van der Waals surface area contributed by atoms with Gasteiger partial charge >= 0.3 is 0 Å². The molecule has 1 aliphatic rings. The molecule has 4 nitrogen and oxygen atoms in total. The van der Waals surface area contributed by atoms with Crippen molar-refractivity contribution in [3.05, 3.63) is 46.3 Å². The second-order valence-electron chi connectivity index (χ2n) is 5.48. The summed E-state index contributed by atoms with van der Waals surface area (Å²) in [6, 6.07) is 7.44. The van der Waals surface area contributed by atoms with Gasteiger partial charge in [0.15, 0.2) is 5.76 Å². The average molecular weight is 307 g/mol. The fourth-order valence-corrected chi connectivity index (χ4v) is 3.08. The largest absolute Gasteiger partial charge is 0.508 e. The minimum absolute atomic E-state index is 0.233. The van der Waals surface area contributed by atoms with Crippen molar-refractivity contribution in [1.29, 1.82) is 0 Å². The van der Waals surface area contributed by atoms with Crippen molar-refractivity contribution in [3.8, 4) is 5.75 Å². The van der Waals surface area contributed by atoms with Crippen LogP contribution < -0.4 is 0 Å². The number of halogens is 1. The molecule has 112 valence electrons. The number of phenols is 1. The number of aromatic hydroxyl groups is 1. The first kappa shape index (κ1) is 14.4. The van der Waals surface area contributed by atoms with Gasteiger partial charge in [-0.3, -0.25) is 4.90 Å². The SMILES string of the molecule is CCc1cc([C@@H]2CCCN2Cc2cc(Cl)ccc2O)on1. The summed E-state index contributed by atoms with van der Waals surface area (Å²) >= 11 is 6.02. The Morgan fingerprint density at radius 2 is 2.29 bits per heavy atom. The van der Waals surface area contributed by atoms with Gasteiger partial charge in [-0.05, 0) is 44.0 Å². The number of aryl methyl sites for hydroxylation is 1. The van der Waals surface area contributed by atoms with Crippen LogP contribution in [0.1, 0.15) is 42.8 Å². The number of likely N-dealkylation sites (tertiary alicyclic amines) is 1. The van der Waals surface area contributed by atoms with Crippen LogP contribution in [0.25, 0.3) is 0 Å². The molecule has 1 aromatic heterocycles. The minimum Gasteiger partial charge on any atom is -0.508 e. The van der Waals surface area contributed by atoms with Gasteiger partial charge < -0.3 is 9.63 Å². The van der Waals surface area contributed by atoms with Gasteiger partial charge in [-0.1, -0.05) is 23.7 Å². The molecule has 0 unspecified atom stereocenters. The summed E-state index contributed by atoms with van der Waals surface area (Å²) in [5.74, 6) is 1.21. The molecular weight excluding hydrogens is 288 g/mol. The number of hydrogen-bond acceptors (Lipinski definition) is 4. The van der Waals surface area contributed by atoms with Crippen LogP contribution in [0.2, 0.25) is 5.02 Å². The van der Waals surface area contributed by atoms with Gasteiger partial charge in [-0.15, -0.1) is 0 Å². The number of nitrogens with zero attached hydrogens (tertiary/aromatic N) is 2. The Morgan fingerprint density at radius 3 is 3.05 bits per heavy atom. The molecule has 0 aliphatic carbocycles. The molecule has 1 atom stereocenters. The predicted octanol–water partition coefficient (Wildman–Crippen LogP) is 3.93. The third-order valence-electron chi connectivity index (χ3n) is 4.05. The van der Waals surface area contributed by atoms with E-state index in [9.17, 15) is 5.11 Å². The highest BCUT2D eigenvalue weighted by Crippen LogP contribution is 2.35. The van der Waals surface area contributed by atoms with E-state index in [1.54, 1.807) is 12.1 Å². The van der Waals surface area contributed by atoms with E-state index in [4.69, 9.17) is 16.1 Å². The second kappa shape index (κ2) is 6.08. The van der Waals surface area contributed by atoms with Crippen molar-refractivity contribution in [2.45, 2.75) is 38.8 Å². The predicted molar refractivity (Wildman–Crippen MR) is 81.4 cm³/mol. The number of rotatable bonds is 4. The summed E-state index contributed by atoms with van der Waals surface area (Å²) in [5, 5.41) is 14.7. The maximum atomic E-state index is 9.97. The van der Waals surface area contributed by atoms with Gasteiger partial charge in [0, 0.05) is 23.2 Å². The van der Waals surface area contributed by atoms with E-state index >= 15 is 0 Å². The molecule has 2 heterocycles. The third kappa shape index (κ3) is 3.06. The Bertz CT molecular complexity index is 626. The highest BCUT2D eigenvalue weighted by Gasteiger charge is 2.29. The lowest BCUT2D eigenvalue weighted by Crippen LogP contribution is -2.22. The summed E-state index contributed by atoms with van der Waals surface area (Å²) < 4.78 is 5.48. The summed E-state index contributed by atoms with van der Waals surface area (Å²) in [5.41, 5.74) is 1.84. The lowest BCUT2D eigenvalue weighted by atomic mass is 10.1. The normalized spacial score (nSPS) is 19.2. The number of hydrogen-bond donors (Lipinski definition) is 1. The minimum atomic E-state index is 0.233. The molecule has 1 N–H and O–H groups in total. The van der Waals surface area contributed by atoms with Crippen molar-refractivity contribution in [1.82, 2.24) is 10.1 Å². The molecule has 0 bridgehead atoms. The van der Waals surface area contributed by atoms with E-state index in [2.05, 4.69) is 17.0 Å².